The minimum Gasteiger partial charge on any atom is -0.493 e. The fourth-order valence-corrected chi connectivity index (χ4v) is 2.96. The quantitative estimate of drug-likeness (QED) is 0.758. The van der Waals surface area contributed by atoms with Crippen molar-refractivity contribution in [1.29, 1.82) is 0 Å². The van der Waals surface area contributed by atoms with E-state index in [1.165, 1.54) is 0 Å². The monoisotopic (exact) mass is 329 g/mol. The highest BCUT2D eigenvalue weighted by molar-refractivity contribution is 6.06. The van der Waals surface area contributed by atoms with E-state index in [9.17, 15) is 4.79 Å². The smallest absolute Gasteiger partial charge is 0.256 e. The van der Waals surface area contributed by atoms with Crippen LogP contribution in [-0.2, 0) is 9.53 Å². The minimum absolute atomic E-state index is 0.111. The molecule has 4 nitrogen and oxygen atoms in total. The zero-order valence-electron chi connectivity index (χ0n) is 15.0. The molecule has 0 aromatic heterocycles. The zero-order chi connectivity index (χ0) is 17.6. The number of ether oxygens (including phenoxy) is 2. The normalized spacial score (nSPS) is 13.5. The summed E-state index contributed by atoms with van der Waals surface area (Å²) >= 11 is 0. The molecule has 0 fully saturated rings. The predicted molar refractivity (Wildman–Crippen MR) is 98.7 cm³/mol. The van der Waals surface area contributed by atoms with Crippen molar-refractivity contribution in [1.82, 2.24) is 0 Å². The van der Waals surface area contributed by atoms with Crippen molar-refractivity contribution in [3.63, 3.8) is 0 Å². The Kier molecular flexibility index (Phi) is 6.21. The first-order chi connectivity index (χ1) is 11.6. The van der Waals surface area contributed by atoms with Gasteiger partial charge in [0.25, 0.3) is 5.91 Å². The molecule has 4 heteroatoms. The van der Waals surface area contributed by atoms with Crippen LogP contribution in [-0.4, -0.2) is 24.7 Å². The molecule has 2 rings (SSSR count). The molecule has 2 aromatic carbocycles. The van der Waals surface area contributed by atoms with E-state index in [0.29, 0.717) is 19.6 Å². The van der Waals surface area contributed by atoms with Crippen LogP contribution in [0.1, 0.15) is 40.5 Å². The van der Waals surface area contributed by atoms with Crippen LogP contribution < -0.4 is 10.1 Å². The average Bonchev–Trinajstić information content (AvgIpc) is 2.57. The molecule has 0 saturated heterocycles. The van der Waals surface area contributed by atoms with Gasteiger partial charge in [-0.2, -0.15) is 0 Å². The van der Waals surface area contributed by atoms with Gasteiger partial charge in [-0.1, -0.05) is 37.6 Å². The van der Waals surface area contributed by atoms with Crippen molar-refractivity contribution < 1.29 is 14.3 Å². The number of carbonyl (C=O) groups is 1. The number of anilines is 1. The lowest BCUT2D eigenvalue weighted by atomic mass is 9.98. The van der Waals surface area contributed by atoms with Gasteiger partial charge in [0.1, 0.15) is 11.4 Å². The van der Waals surface area contributed by atoms with Crippen LogP contribution in [0.5, 0.6) is 5.75 Å². The van der Waals surface area contributed by atoms with E-state index in [1.807, 2.05) is 57.2 Å². The van der Waals surface area contributed by atoms with Crippen molar-refractivity contribution in [3.8, 4) is 5.75 Å². The highest BCUT2D eigenvalue weighted by Gasteiger charge is 2.33. The van der Waals surface area contributed by atoms with E-state index in [2.05, 4.69) is 12.2 Å². The molecular formula is C20H27NO3. The maximum absolute atomic E-state index is 12.8. The third-order valence-electron chi connectivity index (χ3n) is 4.10. The van der Waals surface area contributed by atoms with Crippen molar-refractivity contribution in [2.75, 3.05) is 18.5 Å². The highest BCUT2D eigenvalue weighted by Crippen LogP contribution is 2.32. The number of rotatable bonds is 8. The van der Waals surface area contributed by atoms with E-state index >= 15 is 0 Å². The Bertz CT molecular complexity index is 690. The van der Waals surface area contributed by atoms with Crippen molar-refractivity contribution >= 4 is 22.4 Å². The summed E-state index contributed by atoms with van der Waals surface area (Å²) < 4.78 is 11.4. The van der Waals surface area contributed by atoms with Gasteiger partial charge >= 0.3 is 0 Å². The number of fused-ring (bicyclic) bond motifs is 1. The predicted octanol–water partition coefficient (Wildman–Crippen LogP) is 4.77. The second-order valence-electron chi connectivity index (χ2n) is 5.96. The van der Waals surface area contributed by atoms with Gasteiger partial charge < -0.3 is 14.8 Å². The third-order valence-corrected chi connectivity index (χ3v) is 4.10. The Morgan fingerprint density at radius 1 is 1.04 bits per heavy atom. The molecule has 0 aliphatic rings. The topological polar surface area (TPSA) is 47.6 Å². The molecular weight excluding hydrogens is 302 g/mol. The van der Waals surface area contributed by atoms with E-state index in [1.54, 1.807) is 0 Å². The number of carbonyl (C=O) groups excluding carboxylic acids is 1. The molecule has 2 aromatic rings. The van der Waals surface area contributed by atoms with Crippen LogP contribution in [0.4, 0.5) is 5.69 Å². The van der Waals surface area contributed by atoms with E-state index in [-0.39, 0.29) is 5.91 Å². The second kappa shape index (κ2) is 8.15. The fourth-order valence-electron chi connectivity index (χ4n) is 2.96. The maximum Gasteiger partial charge on any atom is 0.256 e. The van der Waals surface area contributed by atoms with E-state index in [4.69, 9.17) is 9.47 Å². The summed E-state index contributed by atoms with van der Waals surface area (Å²) in [5.74, 6) is 0.716. The summed E-state index contributed by atoms with van der Waals surface area (Å²) in [4.78, 5) is 12.8. The number of benzene rings is 2. The molecule has 1 atom stereocenters. The molecule has 0 unspecified atom stereocenters. The molecule has 0 spiro atoms. The minimum atomic E-state index is -0.816. The number of hydrogen-bond acceptors (Lipinski definition) is 3. The Morgan fingerprint density at radius 2 is 1.75 bits per heavy atom. The summed E-state index contributed by atoms with van der Waals surface area (Å²) in [7, 11) is 0. The lowest BCUT2D eigenvalue weighted by Crippen LogP contribution is -2.42. The molecule has 0 heterocycles. The fraction of sp³-hybridized carbons (Fsp3) is 0.450. The number of hydrogen-bond donors (Lipinski definition) is 1. The lowest BCUT2D eigenvalue weighted by Gasteiger charge is -2.28. The average molecular weight is 329 g/mol. The zero-order valence-corrected chi connectivity index (χ0v) is 15.0. The van der Waals surface area contributed by atoms with Gasteiger partial charge in [-0.05, 0) is 39.3 Å². The Morgan fingerprint density at radius 3 is 2.38 bits per heavy atom. The lowest BCUT2D eigenvalue weighted by molar-refractivity contribution is -0.139. The van der Waals surface area contributed by atoms with Gasteiger partial charge in [0.15, 0.2) is 0 Å². The Balaban J connectivity index is 2.36. The molecule has 0 aliphatic carbocycles. The molecule has 1 amide bonds. The second-order valence-corrected chi connectivity index (χ2v) is 5.96. The van der Waals surface area contributed by atoms with Crippen LogP contribution in [0.15, 0.2) is 36.4 Å². The molecule has 130 valence electrons. The first kappa shape index (κ1) is 18.3. The van der Waals surface area contributed by atoms with Crippen LogP contribution in [0.2, 0.25) is 0 Å². The van der Waals surface area contributed by atoms with Gasteiger partial charge in [0, 0.05) is 23.1 Å². The molecule has 0 aliphatic heterocycles. The Hall–Kier alpha value is -2.07. The number of amides is 1. The number of nitrogens with one attached hydrogen (secondary N) is 1. The summed E-state index contributed by atoms with van der Waals surface area (Å²) in [5.41, 5.74) is -0.0375. The van der Waals surface area contributed by atoms with Gasteiger partial charge in [0.2, 0.25) is 0 Å². The summed E-state index contributed by atoms with van der Waals surface area (Å²) in [6.45, 7) is 8.89. The van der Waals surface area contributed by atoms with Gasteiger partial charge in [-0.15, -0.1) is 0 Å². The van der Waals surface area contributed by atoms with Crippen LogP contribution >= 0.6 is 0 Å². The van der Waals surface area contributed by atoms with Crippen LogP contribution in [0.3, 0.4) is 0 Å². The molecule has 24 heavy (non-hydrogen) atoms. The third kappa shape index (κ3) is 3.88. The molecule has 0 bridgehead atoms. The van der Waals surface area contributed by atoms with E-state index < -0.39 is 5.60 Å². The van der Waals surface area contributed by atoms with Gasteiger partial charge in [-0.3, -0.25) is 4.79 Å². The van der Waals surface area contributed by atoms with E-state index in [0.717, 1.165) is 28.6 Å². The highest BCUT2D eigenvalue weighted by atomic mass is 16.5. The summed E-state index contributed by atoms with van der Waals surface area (Å²) in [6, 6.07) is 11.7. The van der Waals surface area contributed by atoms with Gasteiger partial charge in [-0.25, -0.2) is 0 Å². The van der Waals surface area contributed by atoms with Crippen molar-refractivity contribution in [3.05, 3.63) is 36.4 Å². The molecule has 1 N–H and O–H groups in total. The molecule has 0 saturated carbocycles. The Labute approximate surface area is 144 Å². The van der Waals surface area contributed by atoms with Crippen molar-refractivity contribution in [2.45, 2.75) is 46.1 Å². The largest absolute Gasteiger partial charge is 0.493 e. The first-order valence-electron chi connectivity index (χ1n) is 8.65. The van der Waals surface area contributed by atoms with Gasteiger partial charge in [0.05, 0.1) is 6.61 Å². The standard InChI is InChI=1S/C20H27NO3/c1-5-14-20(4,24-7-3)19(22)21-17-12-13-18(23-6-2)16-11-9-8-10-15(16)17/h8-13H,5-7,14H2,1-4H3,(H,21,22)/t20-/m1/s1. The summed E-state index contributed by atoms with van der Waals surface area (Å²) in [5, 5.41) is 5.00. The summed E-state index contributed by atoms with van der Waals surface area (Å²) in [6.07, 6.45) is 1.57. The SMILES string of the molecule is CCC[C@@](C)(OCC)C(=O)Nc1ccc(OCC)c2ccccc12. The molecule has 0 radical (unpaired) electrons. The first-order valence-corrected chi connectivity index (χ1v) is 8.65. The maximum atomic E-state index is 12.8. The van der Waals surface area contributed by atoms with Crippen LogP contribution in [0, 0.1) is 0 Å². The van der Waals surface area contributed by atoms with Crippen molar-refractivity contribution in [2.24, 2.45) is 0 Å². The van der Waals surface area contributed by atoms with Crippen LogP contribution in [0.25, 0.3) is 10.8 Å².